The average molecular weight is 184 g/mol. The van der Waals surface area contributed by atoms with Crippen molar-refractivity contribution in [3.05, 3.63) is 29.2 Å². The number of rotatable bonds is 1. The SMILES string of the molecule is OCc1cc2c(Cl)coc2cn1. The van der Waals surface area contributed by atoms with E-state index in [0.717, 1.165) is 5.39 Å². The molecule has 3 nitrogen and oxygen atoms in total. The Hall–Kier alpha value is -1.06. The molecule has 12 heavy (non-hydrogen) atoms. The molecule has 2 rings (SSSR count). The minimum atomic E-state index is -0.0859. The van der Waals surface area contributed by atoms with Crippen LogP contribution in [0.15, 0.2) is 22.9 Å². The van der Waals surface area contributed by atoms with Crippen LogP contribution >= 0.6 is 11.6 Å². The summed E-state index contributed by atoms with van der Waals surface area (Å²) in [6, 6.07) is 1.71. The number of pyridine rings is 1. The molecule has 0 saturated carbocycles. The fourth-order valence-corrected chi connectivity index (χ4v) is 1.22. The number of aliphatic hydroxyl groups is 1. The highest BCUT2D eigenvalue weighted by atomic mass is 35.5. The molecule has 0 unspecified atom stereocenters. The first-order valence-electron chi connectivity index (χ1n) is 3.44. The summed E-state index contributed by atoms with van der Waals surface area (Å²) in [6.45, 7) is -0.0859. The van der Waals surface area contributed by atoms with Gasteiger partial charge in [-0.2, -0.15) is 0 Å². The van der Waals surface area contributed by atoms with E-state index in [2.05, 4.69) is 4.98 Å². The molecule has 2 aromatic heterocycles. The molecule has 0 bridgehead atoms. The van der Waals surface area contributed by atoms with Gasteiger partial charge >= 0.3 is 0 Å². The van der Waals surface area contributed by atoms with Crippen LogP contribution in [0.25, 0.3) is 11.0 Å². The molecule has 0 aromatic carbocycles. The number of fused-ring (bicyclic) bond motifs is 1. The zero-order valence-electron chi connectivity index (χ0n) is 6.12. The van der Waals surface area contributed by atoms with Crippen molar-refractivity contribution in [2.24, 2.45) is 0 Å². The van der Waals surface area contributed by atoms with Crippen LogP contribution in [0.2, 0.25) is 5.02 Å². The van der Waals surface area contributed by atoms with E-state index in [9.17, 15) is 0 Å². The Morgan fingerprint density at radius 2 is 2.42 bits per heavy atom. The van der Waals surface area contributed by atoms with Gasteiger partial charge in [-0.15, -0.1) is 0 Å². The van der Waals surface area contributed by atoms with Crippen molar-refractivity contribution in [3.8, 4) is 0 Å². The Morgan fingerprint density at radius 3 is 3.17 bits per heavy atom. The minimum absolute atomic E-state index is 0.0859. The van der Waals surface area contributed by atoms with E-state index in [0.29, 0.717) is 16.3 Å². The molecule has 0 radical (unpaired) electrons. The smallest absolute Gasteiger partial charge is 0.153 e. The number of halogens is 1. The van der Waals surface area contributed by atoms with E-state index in [-0.39, 0.29) is 6.61 Å². The summed E-state index contributed by atoms with van der Waals surface area (Å²) in [5, 5.41) is 10.1. The van der Waals surface area contributed by atoms with Crippen molar-refractivity contribution in [3.63, 3.8) is 0 Å². The number of aromatic nitrogens is 1. The van der Waals surface area contributed by atoms with Gasteiger partial charge in [0.1, 0.15) is 6.26 Å². The zero-order valence-corrected chi connectivity index (χ0v) is 6.88. The van der Waals surface area contributed by atoms with E-state index in [1.807, 2.05) is 0 Å². The first kappa shape index (κ1) is 7.58. The number of furan rings is 1. The van der Waals surface area contributed by atoms with Crippen molar-refractivity contribution >= 4 is 22.6 Å². The minimum Gasteiger partial charge on any atom is -0.461 e. The number of nitrogens with zero attached hydrogens (tertiary/aromatic N) is 1. The molecule has 0 spiro atoms. The van der Waals surface area contributed by atoms with E-state index in [1.54, 1.807) is 12.3 Å². The summed E-state index contributed by atoms with van der Waals surface area (Å²) in [4.78, 5) is 3.94. The van der Waals surface area contributed by atoms with Gasteiger partial charge in [0.05, 0.1) is 23.5 Å². The molecule has 0 aliphatic carbocycles. The van der Waals surface area contributed by atoms with E-state index >= 15 is 0 Å². The van der Waals surface area contributed by atoms with Gasteiger partial charge in [0.25, 0.3) is 0 Å². The monoisotopic (exact) mass is 183 g/mol. The van der Waals surface area contributed by atoms with Crippen LogP contribution in [-0.2, 0) is 6.61 Å². The van der Waals surface area contributed by atoms with E-state index in [1.165, 1.54) is 6.26 Å². The predicted molar refractivity (Wildman–Crippen MR) is 44.9 cm³/mol. The second kappa shape index (κ2) is 2.77. The van der Waals surface area contributed by atoms with Crippen molar-refractivity contribution < 1.29 is 9.52 Å². The topological polar surface area (TPSA) is 46.3 Å². The van der Waals surface area contributed by atoms with Gasteiger partial charge in [0.15, 0.2) is 5.58 Å². The van der Waals surface area contributed by atoms with Gasteiger partial charge in [-0.25, -0.2) is 0 Å². The maximum atomic E-state index is 8.79. The van der Waals surface area contributed by atoms with Gasteiger partial charge in [-0.05, 0) is 6.07 Å². The summed E-state index contributed by atoms with van der Waals surface area (Å²) >= 11 is 5.80. The maximum absolute atomic E-state index is 8.79. The highest BCUT2D eigenvalue weighted by Crippen LogP contribution is 2.24. The standard InChI is InChI=1S/C8H6ClNO2/c9-7-4-12-8-2-10-5(3-11)1-6(7)8/h1-2,4,11H,3H2. The van der Waals surface area contributed by atoms with E-state index in [4.69, 9.17) is 21.1 Å². The van der Waals surface area contributed by atoms with Crippen LogP contribution in [0, 0.1) is 0 Å². The fourth-order valence-electron chi connectivity index (χ4n) is 1.03. The second-order valence-electron chi connectivity index (χ2n) is 2.41. The Bertz CT molecular complexity index is 410. The lowest BCUT2D eigenvalue weighted by atomic mass is 10.3. The highest BCUT2D eigenvalue weighted by Gasteiger charge is 2.04. The molecule has 4 heteroatoms. The van der Waals surface area contributed by atoms with Gasteiger partial charge in [0.2, 0.25) is 0 Å². The normalized spacial score (nSPS) is 10.8. The molecule has 0 aliphatic rings. The molecular formula is C8H6ClNO2. The molecule has 2 aromatic rings. The molecule has 62 valence electrons. The second-order valence-corrected chi connectivity index (χ2v) is 2.82. The summed E-state index contributed by atoms with van der Waals surface area (Å²) in [5.41, 5.74) is 1.23. The fraction of sp³-hybridized carbons (Fsp3) is 0.125. The third-order valence-electron chi connectivity index (χ3n) is 1.63. The number of aliphatic hydroxyl groups excluding tert-OH is 1. The molecule has 1 N–H and O–H groups in total. The lowest BCUT2D eigenvalue weighted by molar-refractivity contribution is 0.277. The summed E-state index contributed by atoms with van der Waals surface area (Å²) in [6.07, 6.45) is 3.00. The molecule has 2 heterocycles. The third-order valence-corrected chi connectivity index (χ3v) is 1.93. The Labute approximate surface area is 73.6 Å². The van der Waals surface area contributed by atoms with Gasteiger partial charge in [-0.3, -0.25) is 4.98 Å². The van der Waals surface area contributed by atoms with Crippen LogP contribution in [0.1, 0.15) is 5.69 Å². The summed E-state index contributed by atoms with van der Waals surface area (Å²) in [5.74, 6) is 0. The van der Waals surface area contributed by atoms with Gasteiger partial charge in [-0.1, -0.05) is 11.6 Å². The first-order valence-corrected chi connectivity index (χ1v) is 3.81. The summed E-state index contributed by atoms with van der Waals surface area (Å²) in [7, 11) is 0. The Balaban J connectivity index is 2.71. The lowest BCUT2D eigenvalue weighted by Crippen LogP contribution is -1.86. The highest BCUT2D eigenvalue weighted by molar-refractivity contribution is 6.35. The van der Waals surface area contributed by atoms with Crippen LogP contribution in [-0.4, -0.2) is 10.1 Å². The Kier molecular flexibility index (Phi) is 1.75. The Morgan fingerprint density at radius 1 is 1.58 bits per heavy atom. The van der Waals surface area contributed by atoms with Crippen molar-refractivity contribution in [1.82, 2.24) is 4.98 Å². The lowest BCUT2D eigenvalue weighted by Gasteiger charge is -1.93. The molecule has 0 saturated heterocycles. The molecular weight excluding hydrogens is 178 g/mol. The van der Waals surface area contributed by atoms with E-state index < -0.39 is 0 Å². The quantitative estimate of drug-likeness (QED) is 0.735. The van der Waals surface area contributed by atoms with Gasteiger partial charge < -0.3 is 9.52 Å². The largest absolute Gasteiger partial charge is 0.461 e. The predicted octanol–water partition coefficient (Wildman–Crippen LogP) is 1.97. The maximum Gasteiger partial charge on any atom is 0.153 e. The van der Waals surface area contributed by atoms with Crippen molar-refractivity contribution in [2.45, 2.75) is 6.61 Å². The third kappa shape index (κ3) is 1.07. The summed E-state index contributed by atoms with van der Waals surface area (Å²) < 4.78 is 5.07. The van der Waals surface area contributed by atoms with Crippen LogP contribution in [0.4, 0.5) is 0 Å². The average Bonchev–Trinajstić information content (AvgIpc) is 2.47. The molecule has 0 fully saturated rings. The number of hydrogen-bond donors (Lipinski definition) is 1. The van der Waals surface area contributed by atoms with Crippen LogP contribution in [0.3, 0.4) is 0 Å². The number of hydrogen-bond acceptors (Lipinski definition) is 3. The van der Waals surface area contributed by atoms with Gasteiger partial charge in [0, 0.05) is 5.39 Å². The molecule has 0 amide bonds. The zero-order chi connectivity index (χ0) is 8.55. The molecule has 0 aliphatic heterocycles. The van der Waals surface area contributed by atoms with Crippen LogP contribution in [0.5, 0.6) is 0 Å². The molecule has 0 atom stereocenters. The van der Waals surface area contributed by atoms with Crippen molar-refractivity contribution in [2.75, 3.05) is 0 Å². The first-order chi connectivity index (χ1) is 5.81. The van der Waals surface area contributed by atoms with Crippen LogP contribution < -0.4 is 0 Å². The van der Waals surface area contributed by atoms with Crippen molar-refractivity contribution in [1.29, 1.82) is 0 Å².